The Labute approximate surface area is 205 Å². The first kappa shape index (κ1) is 23.7. The first-order chi connectivity index (χ1) is 15.9. The minimum absolute atomic E-state index is 0.116. The number of hydrogen-bond donors (Lipinski definition) is 1. The van der Waals surface area contributed by atoms with Crippen LogP contribution in [0.5, 0.6) is 0 Å². The van der Waals surface area contributed by atoms with Crippen molar-refractivity contribution in [2.45, 2.75) is 11.3 Å². The van der Waals surface area contributed by atoms with Crippen molar-refractivity contribution in [3.63, 3.8) is 0 Å². The molecule has 1 N–H and O–H groups in total. The molecule has 0 amide bonds. The highest BCUT2D eigenvalue weighted by molar-refractivity contribution is 14.1. The number of aromatic nitrogens is 2. The molecule has 4 rings (SSSR count). The molecule has 33 heavy (non-hydrogen) atoms. The average Bonchev–Trinajstić information content (AvgIpc) is 2.82. The van der Waals surface area contributed by atoms with Crippen molar-refractivity contribution in [3.05, 3.63) is 76.1 Å². The lowest BCUT2D eigenvalue weighted by atomic mass is 10.0. The van der Waals surface area contributed by atoms with Crippen molar-refractivity contribution < 1.29 is 17.5 Å². The van der Waals surface area contributed by atoms with Crippen molar-refractivity contribution in [1.82, 2.24) is 14.7 Å². The Morgan fingerprint density at radius 2 is 1.52 bits per heavy atom. The quantitative estimate of drug-likeness (QED) is 0.235. The third-order valence-corrected chi connectivity index (χ3v) is 7.18. The van der Waals surface area contributed by atoms with E-state index in [0.717, 1.165) is 14.7 Å². The molecule has 9 heteroatoms. The van der Waals surface area contributed by atoms with E-state index in [-0.39, 0.29) is 17.3 Å². The zero-order valence-electron chi connectivity index (χ0n) is 17.8. The molecule has 0 atom stereocenters. The summed E-state index contributed by atoms with van der Waals surface area (Å²) in [6.07, 6.45) is 0.571. The van der Waals surface area contributed by atoms with Gasteiger partial charge in [-0.2, -0.15) is 0 Å². The van der Waals surface area contributed by atoms with Crippen LogP contribution in [0.3, 0.4) is 0 Å². The molecule has 1 heterocycles. The van der Waals surface area contributed by atoms with E-state index in [1.807, 2.05) is 24.3 Å². The number of fused-ring (bicyclic) bond motifs is 1. The fraction of sp³-hybridized carbons (Fsp3) is 0.167. The van der Waals surface area contributed by atoms with Gasteiger partial charge in [0.2, 0.25) is 10.0 Å². The summed E-state index contributed by atoms with van der Waals surface area (Å²) < 4.78 is 47.5. The SMILES string of the molecule is COCCCNS(=O)(=O)c1ccc2nc(-c3ccc(F)cc3)c(-c3ccc(I)cc3)nc2c1. The fourth-order valence-corrected chi connectivity index (χ4v) is 4.78. The Morgan fingerprint density at radius 1 is 0.909 bits per heavy atom. The van der Waals surface area contributed by atoms with Gasteiger partial charge in [0, 0.05) is 35.0 Å². The molecular weight excluding hydrogens is 556 g/mol. The molecule has 0 unspecified atom stereocenters. The van der Waals surface area contributed by atoms with Crippen LogP contribution < -0.4 is 4.72 Å². The minimum Gasteiger partial charge on any atom is -0.385 e. The molecule has 1 aromatic heterocycles. The van der Waals surface area contributed by atoms with Gasteiger partial charge >= 0.3 is 0 Å². The van der Waals surface area contributed by atoms with Gasteiger partial charge in [0.25, 0.3) is 0 Å². The third-order valence-electron chi connectivity index (χ3n) is 5.00. The van der Waals surface area contributed by atoms with Crippen molar-refractivity contribution in [1.29, 1.82) is 0 Å². The van der Waals surface area contributed by atoms with E-state index in [1.54, 1.807) is 25.3 Å². The molecule has 0 bridgehead atoms. The predicted molar refractivity (Wildman–Crippen MR) is 135 cm³/mol. The maximum absolute atomic E-state index is 13.5. The number of sulfonamides is 1. The Morgan fingerprint density at radius 3 is 2.15 bits per heavy atom. The lowest BCUT2D eigenvalue weighted by Crippen LogP contribution is -2.25. The second kappa shape index (κ2) is 10.2. The molecule has 0 aliphatic rings. The maximum Gasteiger partial charge on any atom is 0.240 e. The molecule has 170 valence electrons. The van der Waals surface area contributed by atoms with Crippen LogP contribution >= 0.6 is 22.6 Å². The minimum atomic E-state index is -3.70. The van der Waals surface area contributed by atoms with Crippen LogP contribution in [0.2, 0.25) is 0 Å². The summed E-state index contributed by atoms with van der Waals surface area (Å²) in [6.45, 7) is 0.745. The molecule has 6 nitrogen and oxygen atoms in total. The van der Waals surface area contributed by atoms with Crippen molar-refractivity contribution in [2.24, 2.45) is 0 Å². The number of rotatable bonds is 8. The van der Waals surface area contributed by atoms with Gasteiger partial charge in [-0.1, -0.05) is 12.1 Å². The molecule has 0 aliphatic heterocycles. The van der Waals surface area contributed by atoms with Crippen LogP contribution in [0.25, 0.3) is 33.5 Å². The van der Waals surface area contributed by atoms with Gasteiger partial charge in [0.15, 0.2) is 0 Å². The van der Waals surface area contributed by atoms with Crippen LogP contribution in [-0.4, -0.2) is 38.6 Å². The topological polar surface area (TPSA) is 81.2 Å². The molecule has 0 spiro atoms. The number of methoxy groups -OCH3 is 1. The van der Waals surface area contributed by atoms with Gasteiger partial charge < -0.3 is 4.74 Å². The van der Waals surface area contributed by atoms with E-state index >= 15 is 0 Å². The Kier molecular flexibility index (Phi) is 7.32. The molecule has 0 fully saturated rings. The fourth-order valence-electron chi connectivity index (χ4n) is 3.33. The van der Waals surface area contributed by atoms with Crippen molar-refractivity contribution in [3.8, 4) is 22.5 Å². The average molecular weight is 577 g/mol. The summed E-state index contributed by atoms with van der Waals surface area (Å²) in [7, 11) is -2.13. The number of benzene rings is 3. The maximum atomic E-state index is 13.5. The zero-order valence-corrected chi connectivity index (χ0v) is 20.7. The van der Waals surface area contributed by atoms with E-state index in [9.17, 15) is 12.8 Å². The van der Waals surface area contributed by atoms with Crippen molar-refractivity contribution >= 4 is 43.6 Å². The van der Waals surface area contributed by atoms with Gasteiger partial charge in [-0.05, 0) is 83.6 Å². The zero-order chi connectivity index (χ0) is 23.4. The summed E-state index contributed by atoms with van der Waals surface area (Å²) in [5.74, 6) is -0.337. The monoisotopic (exact) mass is 577 g/mol. The highest BCUT2D eigenvalue weighted by Gasteiger charge is 2.18. The summed E-state index contributed by atoms with van der Waals surface area (Å²) in [4.78, 5) is 9.67. The van der Waals surface area contributed by atoms with E-state index < -0.39 is 10.0 Å². The lowest BCUT2D eigenvalue weighted by molar-refractivity contribution is 0.196. The molecular formula is C24H21FIN3O3S. The predicted octanol–water partition coefficient (Wildman–Crippen LogP) is 5.02. The highest BCUT2D eigenvalue weighted by atomic mass is 127. The normalized spacial score (nSPS) is 11.7. The van der Waals surface area contributed by atoms with Crippen LogP contribution in [0, 0.1) is 9.39 Å². The molecule has 0 aliphatic carbocycles. The summed E-state index contributed by atoms with van der Waals surface area (Å²) >= 11 is 2.22. The van der Waals surface area contributed by atoms with Gasteiger partial charge in [0.1, 0.15) is 5.82 Å². The highest BCUT2D eigenvalue weighted by Crippen LogP contribution is 2.32. The Bertz CT molecular complexity index is 1380. The van der Waals surface area contributed by atoms with Crippen molar-refractivity contribution in [2.75, 3.05) is 20.3 Å². The summed E-state index contributed by atoms with van der Waals surface area (Å²) in [5, 5.41) is 0. The second-order valence-electron chi connectivity index (χ2n) is 7.33. The van der Waals surface area contributed by atoms with Gasteiger partial charge in [-0.3, -0.25) is 0 Å². The van der Waals surface area contributed by atoms with Gasteiger partial charge in [-0.25, -0.2) is 27.5 Å². The largest absolute Gasteiger partial charge is 0.385 e. The number of ether oxygens (including phenoxy) is 1. The molecule has 0 saturated carbocycles. The standard InChI is InChI=1S/C24H21FIN3O3S/c1-32-14-2-13-27-33(30,31)20-11-12-21-22(15-20)29-24(17-5-9-19(26)10-6-17)23(28-21)16-3-7-18(25)8-4-16/h3-12,15,27H,2,13-14H2,1H3. The van der Waals surface area contributed by atoms with Crippen LogP contribution in [0.4, 0.5) is 4.39 Å². The van der Waals surface area contributed by atoms with E-state index in [2.05, 4.69) is 27.3 Å². The second-order valence-corrected chi connectivity index (χ2v) is 10.3. The number of hydrogen-bond acceptors (Lipinski definition) is 5. The van der Waals surface area contributed by atoms with Crippen LogP contribution in [-0.2, 0) is 14.8 Å². The van der Waals surface area contributed by atoms with Crippen LogP contribution in [0.15, 0.2) is 71.6 Å². The summed E-state index contributed by atoms with van der Waals surface area (Å²) in [5.41, 5.74) is 3.73. The lowest BCUT2D eigenvalue weighted by Gasteiger charge is -2.12. The van der Waals surface area contributed by atoms with Crippen LogP contribution in [0.1, 0.15) is 6.42 Å². The number of nitrogens with zero attached hydrogens (tertiary/aromatic N) is 2. The number of nitrogens with one attached hydrogen (secondary N) is 1. The Hall–Kier alpha value is -2.47. The van der Waals surface area contributed by atoms with Gasteiger partial charge in [-0.15, -0.1) is 0 Å². The smallest absolute Gasteiger partial charge is 0.240 e. The van der Waals surface area contributed by atoms with E-state index in [1.165, 1.54) is 24.3 Å². The Balaban J connectivity index is 1.81. The van der Waals surface area contributed by atoms with E-state index in [4.69, 9.17) is 14.7 Å². The first-order valence-electron chi connectivity index (χ1n) is 10.2. The summed E-state index contributed by atoms with van der Waals surface area (Å²) in [6, 6.07) is 18.5. The first-order valence-corrected chi connectivity index (χ1v) is 12.8. The third kappa shape index (κ3) is 5.55. The molecule has 0 saturated heterocycles. The van der Waals surface area contributed by atoms with E-state index in [0.29, 0.717) is 35.4 Å². The molecule has 4 aromatic rings. The van der Waals surface area contributed by atoms with Gasteiger partial charge in [0.05, 0.1) is 27.3 Å². The molecule has 3 aromatic carbocycles. The number of halogens is 2. The molecule has 0 radical (unpaired) electrons.